The van der Waals surface area contributed by atoms with Crippen LogP contribution in [0.25, 0.3) is 0 Å². The summed E-state index contributed by atoms with van der Waals surface area (Å²) in [5.41, 5.74) is 0. The number of hydrogen-bond acceptors (Lipinski definition) is 0. The third kappa shape index (κ3) is 2.48. The van der Waals surface area contributed by atoms with Crippen molar-refractivity contribution in [3.8, 4) is 0 Å². The summed E-state index contributed by atoms with van der Waals surface area (Å²) >= 11 is 0. The van der Waals surface area contributed by atoms with E-state index in [2.05, 4.69) is 34.6 Å². The highest BCUT2D eigenvalue weighted by Crippen LogP contribution is 2.41. The van der Waals surface area contributed by atoms with Crippen molar-refractivity contribution in [1.29, 1.82) is 0 Å². The van der Waals surface area contributed by atoms with Gasteiger partial charge >= 0.3 is 0 Å². The monoisotopic (exact) mass is 182 g/mol. The molecule has 0 heterocycles. The van der Waals surface area contributed by atoms with Crippen LogP contribution in [0.1, 0.15) is 53.9 Å². The van der Waals surface area contributed by atoms with Crippen molar-refractivity contribution in [2.45, 2.75) is 53.9 Å². The summed E-state index contributed by atoms with van der Waals surface area (Å²) in [6.07, 6.45) is 4.34. The summed E-state index contributed by atoms with van der Waals surface area (Å²) < 4.78 is 0. The highest BCUT2D eigenvalue weighted by atomic mass is 14.4. The summed E-state index contributed by atoms with van der Waals surface area (Å²) in [7, 11) is 0. The first-order valence-electron chi connectivity index (χ1n) is 6.06. The molecule has 0 amide bonds. The van der Waals surface area contributed by atoms with E-state index in [9.17, 15) is 0 Å². The van der Waals surface area contributed by atoms with Crippen molar-refractivity contribution in [3.63, 3.8) is 0 Å². The zero-order valence-electron chi connectivity index (χ0n) is 10.0. The van der Waals surface area contributed by atoms with E-state index in [1.807, 2.05) is 0 Å². The summed E-state index contributed by atoms with van der Waals surface area (Å²) in [5.74, 6) is 4.79. The normalized spacial score (nSPS) is 41.1. The maximum absolute atomic E-state index is 2.45. The molecule has 1 fully saturated rings. The van der Waals surface area contributed by atoms with Crippen LogP contribution in [-0.4, -0.2) is 0 Å². The molecule has 13 heavy (non-hydrogen) atoms. The Balaban J connectivity index is 2.58. The second kappa shape index (κ2) is 4.48. The van der Waals surface area contributed by atoms with E-state index in [0.29, 0.717) is 0 Å². The van der Waals surface area contributed by atoms with E-state index in [0.717, 1.165) is 29.6 Å². The van der Waals surface area contributed by atoms with Gasteiger partial charge in [-0.15, -0.1) is 0 Å². The largest absolute Gasteiger partial charge is 0.0651 e. The fourth-order valence-corrected chi connectivity index (χ4v) is 2.94. The Morgan fingerprint density at radius 3 is 2.23 bits per heavy atom. The lowest BCUT2D eigenvalue weighted by atomic mass is 9.66. The molecule has 0 aromatic rings. The van der Waals surface area contributed by atoms with E-state index >= 15 is 0 Å². The average Bonchev–Trinajstić information content (AvgIpc) is 2.09. The van der Waals surface area contributed by atoms with Crippen LogP contribution in [0.3, 0.4) is 0 Å². The topological polar surface area (TPSA) is 0 Å². The van der Waals surface area contributed by atoms with Crippen LogP contribution in [0.2, 0.25) is 0 Å². The van der Waals surface area contributed by atoms with Gasteiger partial charge in [0.15, 0.2) is 0 Å². The predicted octanol–water partition coefficient (Wildman–Crippen LogP) is 4.35. The lowest BCUT2D eigenvalue weighted by Gasteiger charge is -2.40. The fraction of sp³-hybridized carbons (Fsp3) is 1.00. The molecule has 0 N–H and O–H groups in total. The molecule has 0 radical (unpaired) electrons. The van der Waals surface area contributed by atoms with Gasteiger partial charge in [0.1, 0.15) is 0 Å². The van der Waals surface area contributed by atoms with Gasteiger partial charge in [-0.3, -0.25) is 0 Å². The van der Waals surface area contributed by atoms with Crippen molar-refractivity contribution in [3.05, 3.63) is 0 Å². The molecule has 0 nitrogen and oxygen atoms in total. The van der Waals surface area contributed by atoms with Crippen LogP contribution >= 0.6 is 0 Å². The van der Waals surface area contributed by atoms with Gasteiger partial charge in [0.25, 0.3) is 0 Å². The third-order valence-corrected chi connectivity index (χ3v) is 4.39. The average molecular weight is 182 g/mol. The molecule has 4 atom stereocenters. The molecule has 0 heteroatoms. The first-order chi connectivity index (χ1) is 6.06. The minimum atomic E-state index is 0.893. The van der Waals surface area contributed by atoms with E-state index in [1.165, 1.54) is 19.3 Å². The Morgan fingerprint density at radius 1 is 1.15 bits per heavy atom. The minimum Gasteiger partial charge on any atom is -0.0651 e. The molecule has 0 aromatic carbocycles. The van der Waals surface area contributed by atoms with Crippen LogP contribution in [0.5, 0.6) is 0 Å². The number of rotatable bonds is 2. The molecule has 0 aromatic heterocycles. The lowest BCUT2D eigenvalue weighted by molar-refractivity contribution is 0.101. The van der Waals surface area contributed by atoms with Gasteiger partial charge < -0.3 is 0 Å². The summed E-state index contributed by atoms with van der Waals surface area (Å²) in [6, 6.07) is 0. The molecule has 0 bridgehead atoms. The van der Waals surface area contributed by atoms with Crippen molar-refractivity contribution in [2.75, 3.05) is 0 Å². The molecule has 4 unspecified atom stereocenters. The van der Waals surface area contributed by atoms with Crippen LogP contribution < -0.4 is 0 Å². The second-order valence-electron chi connectivity index (χ2n) is 5.48. The first kappa shape index (κ1) is 11.1. The molecule has 1 rings (SSSR count). The van der Waals surface area contributed by atoms with Crippen LogP contribution in [-0.2, 0) is 0 Å². The zero-order valence-corrected chi connectivity index (χ0v) is 10.0. The van der Waals surface area contributed by atoms with Gasteiger partial charge in [-0.25, -0.2) is 0 Å². The maximum Gasteiger partial charge on any atom is -0.0386 e. The molecule has 0 spiro atoms. The number of hydrogen-bond donors (Lipinski definition) is 0. The van der Waals surface area contributed by atoms with Gasteiger partial charge in [-0.2, -0.15) is 0 Å². The smallest absolute Gasteiger partial charge is 0.0386 e. The molecule has 1 aliphatic rings. The van der Waals surface area contributed by atoms with Gasteiger partial charge in [0.2, 0.25) is 0 Å². The van der Waals surface area contributed by atoms with Crippen molar-refractivity contribution in [2.24, 2.45) is 29.6 Å². The van der Waals surface area contributed by atoms with Crippen molar-refractivity contribution < 1.29 is 0 Å². The Bertz CT molecular complexity index is 148. The third-order valence-electron chi connectivity index (χ3n) is 4.39. The fourth-order valence-electron chi connectivity index (χ4n) is 2.94. The SMILES string of the molecule is CCC1CC(C(C)C)CC(C)C1C. The van der Waals surface area contributed by atoms with E-state index in [1.54, 1.807) is 0 Å². The molecular formula is C13H26. The maximum atomic E-state index is 2.45. The van der Waals surface area contributed by atoms with Crippen LogP contribution in [0.15, 0.2) is 0 Å². The highest BCUT2D eigenvalue weighted by Gasteiger charge is 2.32. The molecule has 0 saturated heterocycles. The Labute approximate surface area is 84.1 Å². The Morgan fingerprint density at radius 2 is 1.77 bits per heavy atom. The summed E-state index contributed by atoms with van der Waals surface area (Å²) in [4.78, 5) is 0. The molecule has 1 aliphatic carbocycles. The van der Waals surface area contributed by atoms with Gasteiger partial charge in [-0.05, 0) is 42.4 Å². The van der Waals surface area contributed by atoms with Gasteiger partial charge in [-0.1, -0.05) is 41.0 Å². The van der Waals surface area contributed by atoms with E-state index < -0.39 is 0 Å². The van der Waals surface area contributed by atoms with Crippen molar-refractivity contribution >= 4 is 0 Å². The Kier molecular flexibility index (Phi) is 3.82. The predicted molar refractivity (Wildman–Crippen MR) is 59.7 cm³/mol. The summed E-state index contributed by atoms with van der Waals surface area (Å²) in [6.45, 7) is 12.0. The summed E-state index contributed by atoms with van der Waals surface area (Å²) in [5, 5.41) is 0. The van der Waals surface area contributed by atoms with Crippen LogP contribution in [0.4, 0.5) is 0 Å². The zero-order chi connectivity index (χ0) is 10.0. The molecule has 1 saturated carbocycles. The van der Waals surface area contributed by atoms with Gasteiger partial charge in [0.05, 0.1) is 0 Å². The second-order valence-corrected chi connectivity index (χ2v) is 5.48. The highest BCUT2D eigenvalue weighted by molar-refractivity contribution is 4.82. The molecule has 0 aliphatic heterocycles. The van der Waals surface area contributed by atoms with Crippen molar-refractivity contribution in [1.82, 2.24) is 0 Å². The quantitative estimate of drug-likeness (QED) is 0.595. The lowest BCUT2D eigenvalue weighted by Crippen LogP contribution is -2.31. The Hall–Kier alpha value is 0. The molecular weight excluding hydrogens is 156 g/mol. The first-order valence-corrected chi connectivity index (χ1v) is 6.06. The van der Waals surface area contributed by atoms with E-state index in [-0.39, 0.29) is 0 Å². The van der Waals surface area contributed by atoms with Crippen LogP contribution in [0, 0.1) is 29.6 Å². The standard InChI is InChI=1S/C13H26/c1-6-12-8-13(9(2)3)7-10(4)11(12)5/h9-13H,6-8H2,1-5H3. The van der Waals surface area contributed by atoms with Gasteiger partial charge in [0, 0.05) is 0 Å². The minimum absolute atomic E-state index is 0.893. The van der Waals surface area contributed by atoms with E-state index in [4.69, 9.17) is 0 Å². The molecule has 78 valence electrons.